The zero-order chi connectivity index (χ0) is 10.7. The van der Waals surface area contributed by atoms with Crippen LogP contribution in [0.25, 0.3) is 0 Å². The topological polar surface area (TPSA) is 76.2 Å². The number of carboxylic acids is 1. The van der Waals surface area contributed by atoms with Gasteiger partial charge in [0.15, 0.2) is 0 Å². The van der Waals surface area contributed by atoms with Crippen molar-refractivity contribution in [3.63, 3.8) is 0 Å². The standard InChI is InChI=1S/C10H14N2O3/c13-10(14)8-11-9(15-12-8)7-5-3-1-2-4-6-7/h7H,1-6H2,(H,13,14). The number of aromatic carboxylic acids is 1. The van der Waals surface area contributed by atoms with E-state index in [0.717, 1.165) is 25.7 Å². The van der Waals surface area contributed by atoms with Crippen molar-refractivity contribution in [1.29, 1.82) is 0 Å². The predicted octanol–water partition coefficient (Wildman–Crippen LogP) is 2.21. The van der Waals surface area contributed by atoms with Gasteiger partial charge in [0, 0.05) is 5.92 Å². The van der Waals surface area contributed by atoms with Gasteiger partial charge in [-0.25, -0.2) is 4.79 Å². The summed E-state index contributed by atoms with van der Waals surface area (Å²) >= 11 is 0. The van der Waals surface area contributed by atoms with Crippen LogP contribution in [0.2, 0.25) is 0 Å². The van der Waals surface area contributed by atoms with Crippen LogP contribution in [0.5, 0.6) is 0 Å². The van der Waals surface area contributed by atoms with E-state index in [1.54, 1.807) is 0 Å². The molecule has 15 heavy (non-hydrogen) atoms. The highest BCUT2D eigenvalue weighted by Crippen LogP contribution is 2.30. The minimum absolute atomic E-state index is 0.228. The first-order chi connectivity index (χ1) is 7.27. The number of carboxylic acid groups (broad SMARTS) is 1. The molecule has 1 aromatic rings. The molecule has 0 unspecified atom stereocenters. The normalized spacial score (nSPS) is 18.7. The summed E-state index contributed by atoms with van der Waals surface area (Å²) in [5.74, 6) is -0.602. The lowest BCUT2D eigenvalue weighted by molar-refractivity contribution is 0.0680. The van der Waals surface area contributed by atoms with Crippen LogP contribution in [0.4, 0.5) is 0 Å². The minimum Gasteiger partial charge on any atom is -0.475 e. The Balaban J connectivity index is 2.10. The average Bonchev–Trinajstić information content (AvgIpc) is 2.55. The maximum absolute atomic E-state index is 10.6. The molecule has 1 fully saturated rings. The van der Waals surface area contributed by atoms with E-state index < -0.39 is 5.97 Å². The van der Waals surface area contributed by atoms with Crippen LogP contribution in [0.1, 0.15) is 61.0 Å². The smallest absolute Gasteiger partial charge is 0.377 e. The molecule has 1 aliphatic carbocycles. The molecule has 0 bridgehead atoms. The van der Waals surface area contributed by atoms with Crippen LogP contribution >= 0.6 is 0 Å². The van der Waals surface area contributed by atoms with Crippen LogP contribution in [-0.4, -0.2) is 21.2 Å². The molecule has 0 atom stereocenters. The van der Waals surface area contributed by atoms with Gasteiger partial charge in [0.25, 0.3) is 5.82 Å². The second-order valence-electron chi connectivity index (χ2n) is 3.95. The van der Waals surface area contributed by atoms with E-state index in [1.165, 1.54) is 12.8 Å². The fourth-order valence-corrected chi connectivity index (χ4v) is 2.01. The van der Waals surface area contributed by atoms with Gasteiger partial charge in [0.1, 0.15) is 0 Å². The Morgan fingerprint density at radius 3 is 2.47 bits per heavy atom. The second-order valence-corrected chi connectivity index (χ2v) is 3.95. The minimum atomic E-state index is -1.13. The van der Waals surface area contributed by atoms with E-state index in [0.29, 0.717) is 5.89 Å². The summed E-state index contributed by atoms with van der Waals surface area (Å²) in [4.78, 5) is 14.5. The number of rotatable bonds is 2. The van der Waals surface area contributed by atoms with Crippen LogP contribution < -0.4 is 0 Å². The van der Waals surface area contributed by atoms with E-state index >= 15 is 0 Å². The fourth-order valence-electron chi connectivity index (χ4n) is 2.01. The van der Waals surface area contributed by atoms with Crippen molar-refractivity contribution in [1.82, 2.24) is 10.1 Å². The summed E-state index contributed by atoms with van der Waals surface area (Å²) < 4.78 is 4.98. The molecule has 1 aromatic heterocycles. The lowest BCUT2D eigenvalue weighted by Crippen LogP contribution is -2.01. The van der Waals surface area contributed by atoms with Gasteiger partial charge in [-0.2, -0.15) is 4.98 Å². The highest BCUT2D eigenvalue weighted by atomic mass is 16.5. The Labute approximate surface area is 87.5 Å². The molecule has 5 nitrogen and oxygen atoms in total. The number of hydrogen-bond donors (Lipinski definition) is 1. The number of carbonyl (C=O) groups is 1. The number of nitrogens with zero attached hydrogens (tertiary/aromatic N) is 2. The maximum Gasteiger partial charge on any atom is 0.377 e. The van der Waals surface area contributed by atoms with Gasteiger partial charge in [0.05, 0.1) is 0 Å². The molecule has 1 aliphatic rings. The SMILES string of the molecule is O=C(O)c1noc(C2CCCCCC2)n1. The molecule has 0 spiro atoms. The molecule has 0 radical (unpaired) electrons. The first-order valence-corrected chi connectivity index (χ1v) is 5.34. The molecule has 1 N–H and O–H groups in total. The first kappa shape index (κ1) is 10.1. The molecule has 82 valence electrons. The van der Waals surface area contributed by atoms with E-state index in [4.69, 9.17) is 9.63 Å². The highest BCUT2D eigenvalue weighted by Gasteiger charge is 2.22. The molecule has 2 rings (SSSR count). The second kappa shape index (κ2) is 4.42. The molecule has 0 aliphatic heterocycles. The molecule has 0 saturated heterocycles. The van der Waals surface area contributed by atoms with Crippen molar-refractivity contribution in [2.45, 2.75) is 44.4 Å². The summed E-state index contributed by atoms with van der Waals surface area (Å²) in [6.07, 6.45) is 6.88. The monoisotopic (exact) mass is 210 g/mol. The van der Waals surface area contributed by atoms with Crippen molar-refractivity contribution in [3.8, 4) is 0 Å². The molecule has 0 aromatic carbocycles. The maximum atomic E-state index is 10.6. The van der Waals surface area contributed by atoms with Crippen molar-refractivity contribution in [3.05, 3.63) is 11.7 Å². The molecular weight excluding hydrogens is 196 g/mol. The average molecular weight is 210 g/mol. The van der Waals surface area contributed by atoms with Gasteiger partial charge in [-0.15, -0.1) is 0 Å². The highest BCUT2D eigenvalue weighted by molar-refractivity contribution is 5.82. The fraction of sp³-hybridized carbons (Fsp3) is 0.700. The van der Waals surface area contributed by atoms with Crippen LogP contribution in [0.15, 0.2) is 4.52 Å². The van der Waals surface area contributed by atoms with Gasteiger partial charge in [-0.1, -0.05) is 25.7 Å². The Bertz CT molecular complexity index is 340. The van der Waals surface area contributed by atoms with Gasteiger partial charge < -0.3 is 9.63 Å². The Morgan fingerprint density at radius 1 is 1.27 bits per heavy atom. The Morgan fingerprint density at radius 2 is 1.93 bits per heavy atom. The van der Waals surface area contributed by atoms with Gasteiger partial charge >= 0.3 is 5.97 Å². The molecule has 1 saturated carbocycles. The van der Waals surface area contributed by atoms with Crippen molar-refractivity contribution >= 4 is 5.97 Å². The third-order valence-electron chi connectivity index (χ3n) is 2.84. The van der Waals surface area contributed by atoms with E-state index in [2.05, 4.69) is 10.1 Å². The van der Waals surface area contributed by atoms with Gasteiger partial charge in [0.2, 0.25) is 5.89 Å². The van der Waals surface area contributed by atoms with E-state index in [1.807, 2.05) is 0 Å². The lowest BCUT2D eigenvalue weighted by atomic mass is 10.0. The molecular formula is C10H14N2O3. The predicted molar refractivity (Wildman–Crippen MR) is 51.7 cm³/mol. The van der Waals surface area contributed by atoms with Crippen LogP contribution in [0, 0.1) is 0 Å². The van der Waals surface area contributed by atoms with Crippen LogP contribution in [-0.2, 0) is 0 Å². The summed E-state index contributed by atoms with van der Waals surface area (Å²) in [7, 11) is 0. The van der Waals surface area contributed by atoms with Gasteiger partial charge in [-0.3, -0.25) is 0 Å². The third-order valence-corrected chi connectivity index (χ3v) is 2.84. The molecule has 5 heteroatoms. The zero-order valence-corrected chi connectivity index (χ0v) is 8.48. The lowest BCUT2D eigenvalue weighted by Gasteiger charge is -2.06. The summed E-state index contributed by atoms with van der Waals surface area (Å²) in [5.41, 5.74) is 0. The first-order valence-electron chi connectivity index (χ1n) is 5.34. The van der Waals surface area contributed by atoms with Crippen molar-refractivity contribution in [2.75, 3.05) is 0 Å². The largest absolute Gasteiger partial charge is 0.475 e. The Kier molecular flexibility index (Phi) is 2.99. The molecule has 0 amide bonds. The number of aromatic nitrogens is 2. The van der Waals surface area contributed by atoms with E-state index in [9.17, 15) is 4.79 Å². The summed E-state index contributed by atoms with van der Waals surface area (Å²) in [6.45, 7) is 0. The third kappa shape index (κ3) is 2.34. The van der Waals surface area contributed by atoms with Crippen molar-refractivity contribution < 1.29 is 14.4 Å². The summed E-state index contributed by atoms with van der Waals surface area (Å²) in [5, 5.41) is 12.1. The Hall–Kier alpha value is -1.39. The van der Waals surface area contributed by atoms with Crippen LogP contribution in [0.3, 0.4) is 0 Å². The zero-order valence-electron chi connectivity index (χ0n) is 8.48. The quantitative estimate of drug-likeness (QED) is 0.757. The number of hydrogen-bond acceptors (Lipinski definition) is 4. The van der Waals surface area contributed by atoms with Gasteiger partial charge in [-0.05, 0) is 18.0 Å². The van der Waals surface area contributed by atoms with Crippen molar-refractivity contribution in [2.24, 2.45) is 0 Å². The summed E-state index contributed by atoms with van der Waals surface area (Å²) in [6, 6.07) is 0. The molecule has 1 heterocycles. The van der Waals surface area contributed by atoms with E-state index in [-0.39, 0.29) is 11.7 Å².